The second-order valence-corrected chi connectivity index (χ2v) is 6.17. The lowest BCUT2D eigenvalue weighted by molar-refractivity contribution is 0.174. The van der Waals surface area contributed by atoms with Crippen molar-refractivity contribution in [3.8, 4) is 34.1 Å². The molecule has 0 fully saturated rings. The first-order valence-corrected chi connectivity index (χ1v) is 7.86. The molecule has 0 radical (unpaired) electrons. The Balaban J connectivity index is 0.00000146. The summed E-state index contributed by atoms with van der Waals surface area (Å²) in [6, 6.07) is 6.05. The molecule has 0 unspecified atom stereocenters. The summed E-state index contributed by atoms with van der Waals surface area (Å²) >= 11 is 0. The zero-order valence-electron chi connectivity index (χ0n) is 13.2. The van der Waals surface area contributed by atoms with Crippen molar-refractivity contribution in [3.05, 3.63) is 34.9 Å². The summed E-state index contributed by atoms with van der Waals surface area (Å²) in [4.78, 5) is 0. The number of nitrogens with one attached hydrogen (secondary N) is 1. The van der Waals surface area contributed by atoms with Crippen LogP contribution in [0.5, 0.6) is 23.0 Å². The van der Waals surface area contributed by atoms with Gasteiger partial charge in [0.2, 0.25) is 6.79 Å². The molecule has 5 rings (SSSR count). The molecule has 126 valence electrons. The highest BCUT2D eigenvalue weighted by Gasteiger charge is 2.37. The van der Waals surface area contributed by atoms with Gasteiger partial charge >= 0.3 is 0 Å². The fraction of sp³-hybridized carbons (Fsp3) is 0.333. The molecule has 1 aliphatic carbocycles. The number of phenols is 1. The van der Waals surface area contributed by atoms with Gasteiger partial charge in [-0.1, -0.05) is 6.07 Å². The van der Waals surface area contributed by atoms with Crippen molar-refractivity contribution in [3.63, 3.8) is 0 Å². The molecule has 2 aromatic rings. The van der Waals surface area contributed by atoms with E-state index in [1.165, 1.54) is 11.1 Å². The van der Waals surface area contributed by atoms with E-state index in [0.29, 0.717) is 5.75 Å². The van der Waals surface area contributed by atoms with Crippen molar-refractivity contribution >= 4 is 17.0 Å². The molecule has 0 bridgehead atoms. The Morgan fingerprint density at radius 1 is 1.21 bits per heavy atom. The Kier molecular flexibility index (Phi) is 3.62. The van der Waals surface area contributed by atoms with Crippen LogP contribution in [0.4, 0.5) is 0 Å². The number of fused-ring (bicyclic) bond motifs is 4. The van der Waals surface area contributed by atoms with Crippen molar-refractivity contribution in [1.29, 1.82) is 0 Å². The van der Waals surface area contributed by atoms with Gasteiger partial charge in [0.1, 0.15) is 0 Å². The first kappa shape index (κ1) is 15.6. The summed E-state index contributed by atoms with van der Waals surface area (Å²) in [5.41, 5.74) is 5.66. The molecule has 24 heavy (non-hydrogen) atoms. The van der Waals surface area contributed by atoms with Gasteiger partial charge in [0.25, 0.3) is 0 Å². The van der Waals surface area contributed by atoms with Crippen LogP contribution in [0, 0.1) is 0 Å². The number of methoxy groups -OCH3 is 1. The number of aromatic hydroxyl groups is 1. The standard InChI is InChI=1S/C18H17NO4.BrH/c1-21-17-12(20)3-2-9-6-11-14-10(4-5-19-11)7-13-18(23-8-22-13)16(14)15(9)17;/h2-3,7,11,19-20H,4-6,8H2,1H3;1H/t11-;/m0./s1. The van der Waals surface area contributed by atoms with E-state index in [2.05, 4.69) is 11.4 Å². The number of phenolic OH excluding ortho intramolecular Hbond substituents is 1. The van der Waals surface area contributed by atoms with Crippen LogP contribution in [0.25, 0.3) is 11.1 Å². The third-order valence-corrected chi connectivity index (χ3v) is 5.02. The van der Waals surface area contributed by atoms with Gasteiger partial charge < -0.3 is 24.6 Å². The number of rotatable bonds is 1. The maximum absolute atomic E-state index is 10.2. The summed E-state index contributed by atoms with van der Waals surface area (Å²) < 4.78 is 16.9. The highest BCUT2D eigenvalue weighted by atomic mass is 79.9. The second-order valence-electron chi connectivity index (χ2n) is 6.17. The van der Waals surface area contributed by atoms with E-state index in [-0.39, 0.29) is 35.6 Å². The van der Waals surface area contributed by atoms with E-state index in [4.69, 9.17) is 14.2 Å². The van der Waals surface area contributed by atoms with Crippen molar-refractivity contribution in [1.82, 2.24) is 5.32 Å². The largest absolute Gasteiger partial charge is 0.504 e. The van der Waals surface area contributed by atoms with Crippen LogP contribution in [0.3, 0.4) is 0 Å². The molecule has 1 atom stereocenters. The van der Waals surface area contributed by atoms with E-state index in [1.54, 1.807) is 13.2 Å². The fourth-order valence-corrected chi connectivity index (χ4v) is 4.10. The summed E-state index contributed by atoms with van der Waals surface area (Å²) in [5.74, 6) is 2.22. The predicted octanol–water partition coefficient (Wildman–Crippen LogP) is 3.12. The molecule has 0 spiro atoms. The van der Waals surface area contributed by atoms with Crippen LogP contribution in [-0.4, -0.2) is 25.6 Å². The molecular weight excluding hydrogens is 374 g/mol. The minimum Gasteiger partial charge on any atom is -0.504 e. The highest BCUT2D eigenvalue weighted by Crippen LogP contribution is 2.55. The van der Waals surface area contributed by atoms with Crippen molar-refractivity contribution in [2.24, 2.45) is 0 Å². The fourth-order valence-electron chi connectivity index (χ4n) is 4.10. The summed E-state index contributed by atoms with van der Waals surface area (Å²) in [6.45, 7) is 1.20. The number of hydrogen-bond donors (Lipinski definition) is 2. The van der Waals surface area contributed by atoms with Crippen LogP contribution in [0.15, 0.2) is 18.2 Å². The Hall–Kier alpha value is -1.92. The summed E-state index contributed by atoms with van der Waals surface area (Å²) in [5, 5.41) is 13.8. The van der Waals surface area contributed by atoms with Gasteiger partial charge in [-0.2, -0.15) is 0 Å². The minimum atomic E-state index is 0. The Morgan fingerprint density at radius 3 is 2.92 bits per heavy atom. The maximum atomic E-state index is 10.2. The first-order valence-electron chi connectivity index (χ1n) is 7.86. The maximum Gasteiger partial charge on any atom is 0.231 e. The van der Waals surface area contributed by atoms with Crippen LogP contribution < -0.4 is 19.5 Å². The first-order chi connectivity index (χ1) is 11.3. The molecule has 2 N–H and O–H groups in total. The lowest BCUT2D eigenvalue weighted by Crippen LogP contribution is -2.33. The monoisotopic (exact) mass is 391 g/mol. The third kappa shape index (κ3) is 1.96. The number of hydrogen-bond acceptors (Lipinski definition) is 5. The molecule has 2 heterocycles. The van der Waals surface area contributed by atoms with E-state index >= 15 is 0 Å². The van der Waals surface area contributed by atoms with E-state index in [1.807, 2.05) is 6.07 Å². The van der Waals surface area contributed by atoms with Crippen LogP contribution in [0.1, 0.15) is 22.7 Å². The second kappa shape index (κ2) is 5.57. The van der Waals surface area contributed by atoms with Gasteiger partial charge in [0.05, 0.1) is 7.11 Å². The number of benzene rings is 2. The summed E-state index contributed by atoms with van der Waals surface area (Å²) in [7, 11) is 1.59. The van der Waals surface area contributed by atoms with Gasteiger partial charge in [0.15, 0.2) is 23.0 Å². The van der Waals surface area contributed by atoms with Crippen molar-refractivity contribution in [2.45, 2.75) is 18.9 Å². The molecule has 0 saturated carbocycles. The van der Waals surface area contributed by atoms with Crippen LogP contribution in [-0.2, 0) is 12.8 Å². The quantitative estimate of drug-likeness (QED) is 0.781. The van der Waals surface area contributed by atoms with Crippen molar-refractivity contribution in [2.75, 3.05) is 20.4 Å². The Morgan fingerprint density at radius 2 is 2.08 bits per heavy atom. The molecule has 0 amide bonds. The molecule has 0 saturated heterocycles. The van der Waals surface area contributed by atoms with Gasteiger partial charge in [-0.25, -0.2) is 0 Å². The molecular formula is C18H18BrNO4. The molecule has 6 heteroatoms. The molecule has 0 aromatic heterocycles. The Bertz CT molecular complexity index is 836. The number of halogens is 1. The van der Waals surface area contributed by atoms with Gasteiger partial charge in [0, 0.05) is 17.2 Å². The topological polar surface area (TPSA) is 60.0 Å². The SMILES string of the molecule is Br.COc1c(O)ccc2c1-c1c3c(cc4c1[C@H](C2)NCC4)OCO3. The van der Waals surface area contributed by atoms with E-state index < -0.39 is 0 Å². The van der Waals surface area contributed by atoms with Gasteiger partial charge in [-0.3, -0.25) is 0 Å². The van der Waals surface area contributed by atoms with Crippen LogP contribution >= 0.6 is 17.0 Å². The normalized spacial score (nSPS) is 19.1. The zero-order chi connectivity index (χ0) is 15.6. The van der Waals surface area contributed by atoms with Gasteiger partial charge in [-0.15, -0.1) is 17.0 Å². The molecule has 2 aliphatic heterocycles. The van der Waals surface area contributed by atoms with Crippen molar-refractivity contribution < 1.29 is 19.3 Å². The number of ether oxygens (including phenoxy) is 3. The Labute approximate surface area is 150 Å². The highest BCUT2D eigenvalue weighted by molar-refractivity contribution is 8.93. The molecule has 2 aromatic carbocycles. The smallest absolute Gasteiger partial charge is 0.231 e. The average Bonchev–Trinajstić information content (AvgIpc) is 3.03. The van der Waals surface area contributed by atoms with Crippen LogP contribution in [0.2, 0.25) is 0 Å². The summed E-state index contributed by atoms with van der Waals surface area (Å²) in [6.07, 6.45) is 1.84. The predicted molar refractivity (Wildman–Crippen MR) is 94.7 cm³/mol. The molecule has 3 aliphatic rings. The lowest BCUT2D eigenvalue weighted by Gasteiger charge is -2.35. The molecule has 5 nitrogen and oxygen atoms in total. The van der Waals surface area contributed by atoms with E-state index in [0.717, 1.165) is 47.6 Å². The average molecular weight is 392 g/mol. The third-order valence-electron chi connectivity index (χ3n) is 5.02. The zero-order valence-corrected chi connectivity index (χ0v) is 14.9. The van der Waals surface area contributed by atoms with E-state index in [9.17, 15) is 5.11 Å². The van der Waals surface area contributed by atoms with Gasteiger partial charge in [-0.05, 0) is 48.2 Å². The minimum absolute atomic E-state index is 0. The lowest BCUT2D eigenvalue weighted by atomic mass is 9.77.